The number of nitrogens with one attached hydrogen (secondary N) is 1. The highest BCUT2D eigenvalue weighted by Crippen LogP contribution is 2.32. The number of carbonyl (C=O) groups is 3. The summed E-state index contributed by atoms with van der Waals surface area (Å²) in [5.41, 5.74) is 1.21. The lowest BCUT2D eigenvalue weighted by Gasteiger charge is -2.48. The topological polar surface area (TPSA) is 93.7 Å². The Labute approximate surface area is 186 Å². The molecule has 2 aromatic carbocycles. The first-order valence-electron chi connectivity index (χ1n) is 10.9. The van der Waals surface area contributed by atoms with Gasteiger partial charge in [0.05, 0.1) is 6.42 Å². The molecule has 0 saturated carbocycles. The number of carboxylic acid groups (broad SMARTS) is 1. The molecule has 2 N–H and O–H groups in total. The number of nitrogens with zero attached hydrogens (tertiary/aromatic N) is 2. The fourth-order valence-corrected chi connectivity index (χ4v) is 4.67. The number of aromatic nitrogens is 1. The van der Waals surface area contributed by atoms with Gasteiger partial charge in [0, 0.05) is 42.3 Å². The maximum atomic E-state index is 13.6. The second kappa shape index (κ2) is 8.86. The number of amides is 2. The number of carboxylic acids is 1. The van der Waals surface area contributed by atoms with Gasteiger partial charge in [0.15, 0.2) is 0 Å². The minimum Gasteiger partial charge on any atom is -0.481 e. The molecule has 1 saturated heterocycles. The van der Waals surface area contributed by atoms with Crippen LogP contribution in [0.15, 0.2) is 60.8 Å². The Bertz CT molecular complexity index is 1140. The number of carbonyl (C=O) groups excluding carboxylic acids is 2. The monoisotopic (exact) mass is 433 g/mol. The first-order chi connectivity index (χ1) is 15.5. The Morgan fingerprint density at radius 3 is 2.50 bits per heavy atom. The summed E-state index contributed by atoms with van der Waals surface area (Å²) in [6.07, 6.45) is 2.43. The predicted octanol–water partition coefficient (Wildman–Crippen LogP) is 3.32. The number of aliphatic carboxylic acids is 1. The van der Waals surface area contributed by atoms with Crippen LogP contribution >= 0.6 is 0 Å². The smallest absolute Gasteiger partial charge is 0.306 e. The summed E-state index contributed by atoms with van der Waals surface area (Å²) in [7, 11) is 0. The van der Waals surface area contributed by atoms with Crippen molar-refractivity contribution in [3.63, 3.8) is 0 Å². The van der Waals surface area contributed by atoms with Gasteiger partial charge in [-0.2, -0.15) is 0 Å². The molecule has 1 fully saturated rings. The third kappa shape index (κ3) is 3.86. The average molecular weight is 434 g/mol. The summed E-state index contributed by atoms with van der Waals surface area (Å²) >= 11 is 0. The van der Waals surface area contributed by atoms with Gasteiger partial charge in [0.1, 0.15) is 5.54 Å². The number of para-hydroxylation sites is 1. The Kier molecular flexibility index (Phi) is 5.99. The van der Waals surface area contributed by atoms with E-state index in [-0.39, 0.29) is 18.2 Å². The summed E-state index contributed by atoms with van der Waals surface area (Å²) < 4.78 is 0. The molecule has 7 heteroatoms. The van der Waals surface area contributed by atoms with Crippen molar-refractivity contribution in [3.05, 3.63) is 71.9 Å². The Morgan fingerprint density at radius 2 is 1.78 bits per heavy atom. The first-order valence-corrected chi connectivity index (χ1v) is 10.9. The molecular formula is C25H27N3O4. The molecule has 0 aliphatic carbocycles. The molecule has 1 atom stereocenters. The third-order valence-corrected chi connectivity index (χ3v) is 6.42. The predicted molar refractivity (Wildman–Crippen MR) is 121 cm³/mol. The summed E-state index contributed by atoms with van der Waals surface area (Å²) in [4.78, 5) is 45.1. The van der Waals surface area contributed by atoms with Crippen LogP contribution in [-0.4, -0.2) is 62.8 Å². The Hall–Kier alpha value is -3.61. The number of piperazine rings is 1. The molecule has 1 aliphatic rings. The highest BCUT2D eigenvalue weighted by Gasteiger charge is 2.51. The number of H-pyrrole nitrogens is 1. The van der Waals surface area contributed by atoms with Crippen LogP contribution in [-0.2, 0) is 16.0 Å². The second-order valence-corrected chi connectivity index (χ2v) is 8.18. The van der Waals surface area contributed by atoms with Crippen LogP contribution in [0.5, 0.6) is 0 Å². The highest BCUT2D eigenvalue weighted by molar-refractivity contribution is 6.01. The first kappa shape index (κ1) is 21.6. The number of aromatic amines is 1. The summed E-state index contributed by atoms with van der Waals surface area (Å²) in [5, 5.41) is 10.7. The molecule has 4 rings (SSSR count). The van der Waals surface area contributed by atoms with Crippen molar-refractivity contribution < 1.29 is 19.5 Å². The van der Waals surface area contributed by atoms with Crippen molar-refractivity contribution in [2.24, 2.45) is 0 Å². The fourth-order valence-electron chi connectivity index (χ4n) is 4.67. The summed E-state index contributed by atoms with van der Waals surface area (Å²) in [5.74, 6) is -1.69. The molecule has 1 aliphatic heterocycles. The van der Waals surface area contributed by atoms with Crippen molar-refractivity contribution in [2.45, 2.75) is 31.7 Å². The number of hydrogen-bond donors (Lipinski definition) is 2. The molecular weight excluding hydrogens is 406 g/mol. The molecule has 166 valence electrons. The molecule has 32 heavy (non-hydrogen) atoms. The van der Waals surface area contributed by atoms with Crippen LogP contribution in [0.4, 0.5) is 0 Å². The van der Waals surface area contributed by atoms with Crippen LogP contribution in [0.1, 0.15) is 35.7 Å². The van der Waals surface area contributed by atoms with Gasteiger partial charge in [-0.05, 0) is 36.6 Å². The van der Waals surface area contributed by atoms with E-state index in [0.29, 0.717) is 31.6 Å². The van der Waals surface area contributed by atoms with Crippen LogP contribution < -0.4 is 0 Å². The molecule has 1 unspecified atom stereocenters. The molecule has 2 amide bonds. The molecule has 0 bridgehead atoms. The van der Waals surface area contributed by atoms with E-state index < -0.39 is 17.9 Å². The third-order valence-electron chi connectivity index (χ3n) is 6.42. The Morgan fingerprint density at radius 1 is 1.06 bits per heavy atom. The Balaban J connectivity index is 1.59. The lowest BCUT2D eigenvalue weighted by molar-refractivity contribution is -0.156. The van der Waals surface area contributed by atoms with Gasteiger partial charge in [0.25, 0.3) is 5.91 Å². The SMILES string of the molecule is CCC1(CC(=O)O)C(=O)N(CCc2c[nH]c3ccccc23)CCN1C(=O)c1ccccc1. The molecule has 0 spiro atoms. The largest absolute Gasteiger partial charge is 0.481 e. The minimum absolute atomic E-state index is 0.236. The van der Waals surface area contributed by atoms with Crippen molar-refractivity contribution in [1.29, 1.82) is 0 Å². The standard InChI is InChI=1S/C25H27N3O4/c1-2-25(16-22(29)30)24(32)27(13-12-19-17-26-21-11-7-6-10-20(19)21)14-15-28(25)23(31)18-8-4-3-5-9-18/h3-11,17,26H,2,12-16H2,1H3,(H,29,30). The zero-order valence-electron chi connectivity index (χ0n) is 18.1. The van der Waals surface area contributed by atoms with Gasteiger partial charge in [-0.1, -0.05) is 43.3 Å². The van der Waals surface area contributed by atoms with Crippen LogP contribution in [0.3, 0.4) is 0 Å². The minimum atomic E-state index is -1.39. The normalized spacial score (nSPS) is 18.8. The average Bonchev–Trinajstić information content (AvgIpc) is 3.22. The molecule has 0 radical (unpaired) electrons. The lowest BCUT2D eigenvalue weighted by atomic mass is 9.85. The number of hydrogen-bond acceptors (Lipinski definition) is 3. The van der Waals surface area contributed by atoms with E-state index in [2.05, 4.69) is 4.98 Å². The number of benzene rings is 2. The highest BCUT2D eigenvalue weighted by atomic mass is 16.4. The van der Waals surface area contributed by atoms with Crippen molar-refractivity contribution in [2.75, 3.05) is 19.6 Å². The number of fused-ring (bicyclic) bond motifs is 1. The fraction of sp³-hybridized carbons (Fsp3) is 0.320. The van der Waals surface area contributed by atoms with E-state index in [1.807, 2.05) is 36.5 Å². The summed E-state index contributed by atoms with van der Waals surface area (Å²) in [6, 6.07) is 16.7. The van der Waals surface area contributed by atoms with Gasteiger partial charge in [-0.3, -0.25) is 14.4 Å². The second-order valence-electron chi connectivity index (χ2n) is 8.18. The van der Waals surface area contributed by atoms with E-state index in [4.69, 9.17) is 0 Å². The van der Waals surface area contributed by atoms with Crippen LogP contribution in [0.2, 0.25) is 0 Å². The van der Waals surface area contributed by atoms with E-state index in [1.165, 1.54) is 4.90 Å². The van der Waals surface area contributed by atoms with Crippen molar-refractivity contribution in [3.8, 4) is 0 Å². The molecule has 2 heterocycles. The molecule has 3 aromatic rings. The van der Waals surface area contributed by atoms with E-state index in [0.717, 1.165) is 16.5 Å². The summed E-state index contributed by atoms with van der Waals surface area (Å²) in [6.45, 7) is 2.92. The number of rotatable bonds is 7. The van der Waals surface area contributed by atoms with Gasteiger partial charge >= 0.3 is 5.97 Å². The van der Waals surface area contributed by atoms with E-state index in [9.17, 15) is 19.5 Å². The van der Waals surface area contributed by atoms with Gasteiger partial charge in [0.2, 0.25) is 5.91 Å². The van der Waals surface area contributed by atoms with Gasteiger partial charge in [-0.25, -0.2) is 0 Å². The van der Waals surface area contributed by atoms with Gasteiger partial charge < -0.3 is 19.9 Å². The van der Waals surface area contributed by atoms with Crippen molar-refractivity contribution >= 4 is 28.7 Å². The van der Waals surface area contributed by atoms with Crippen LogP contribution in [0, 0.1) is 0 Å². The van der Waals surface area contributed by atoms with Gasteiger partial charge in [-0.15, -0.1) is 0 Å². The van der Waals surface area contributed by atoms with E-state index in [1.54, 1.807) is 36.1 Å². The van der Waals surface area contributed by atoms with Crippen LogP contribution in [0.25, 0.3) is 10.9 Å². The zero-order chi connectivity index (χ0) is 22.7. The lowest BCUT2D eigenvalue weighted by Crippen LogP contribution is -2.67. The molecule has 7 nitrogen and oxygen atoms in total. The van der Waals surface area contributed by atoms with E-state index >= 15 is 0 Å². The van der Waals surface area contributed by atoms with Crippen molar-refractivity contribution in [1.82, 2.24) is 14.8 Å². The zero-order valence-corrected chi connectivity index (χ0v) is 18.1. The maximum absolute atomic E-state index is 13.6. The maximum Gasteiger partial charge on any atom is 0.306 e. The molecule has 1 aromatic heterocycles. The quantitative estimate of drug-likeness (QED) is 0.598.